The molecule has 1 heterocycles. The number of halogens is 1. The molecule has 44 heavy (non-hydrogen) atoms. The molecule has 3 atom stereocenters. The molecule has 0 saturated carbocycles. The second-order valence-electron chi connectivity index (χ2n) is 9.98. The molecule has 1 aliphatic heterocycles. The minimum Gasteiger partial charge on any atom is -0.493 e. The normalized spacial score (nSPS) is 16.4. The SMILES string of the molecule is COc1cc(C2COC(c3cc(OC)c(OC)c(OC)c3)C2)cc(CC#CN(O)C(C)=O)c1OC(C)Sc1ccc(Br)cc1. The average molecular weight is 687 g/mol. The summed E-state index contributed by atoms with van der Waals surface area (Å²) in [4.78, 5) is 12.5. The van der Waals surface area contributed by atoms with Gasteiger partial charge in [0, 0.05) is 40.2 Å². The number of rotatable bonds is 11. The highest BCUT2D eigenvalue weighted by Crippen LogP contribution is 2.46. The summed E-state index contributed by atoms with van der Waals surface area (Å²) < 4.78 is 36.1. The van der Waals surface area contributed by atoms with Crippen LogP contribution in [0.3, 0.4) is 0 Å². The maximum atomic E-state index is 11.5. The van der Waals surface area contributed by atoms with Gasteiger partial charge >= 0.3 is 0 Å². The van der Waals surface area contributed by atoms with Crippen LogP contribution in [0.5, 0.6) is 28.7 Å². The molecule has 3 aromatic carbocycles. The summed E-state index contributed by atoms with van der Waals surface area (Å²) in [6, 6.07) is 18.3. The number of nitrogens with zero attached hydrogens (tertiary/aromatic N) is 1. The third-order valence-corrected chi connectivity index (χ3v) is 8.56. The van der Waals surface area contributed by atoms with E-state index >= 15 is 0 Å². The minimum atomic E-state index is -0.569. The molecule has 0 bridgehead atoms. The zero-order valence-corrected chi connectivity index (χ0v) is 27.9. The number of hydrogen-bond acceptors (Lipinski definition) is 9. The summed E-state index contributed by atoms with van der Waals surface area (Å²) in [5.74, 6) is 5.13. The van der Waals surface area contributed by atoms with Crippen molar-refractivity contribution in [3.63, 3.8) is 0 Å². The Morgan fingerprint density at radius 3 is 2.20 bits per heavy atom. The van der Waals surface area contributed by atoms with Gasteiger partial charge in [0.25, 0.3) is 5.91 Å². The molecule has 0 spiro atoms. The lowest BCUT2D eigenvalue weighted by atomic mass is 9.91. The smallest absolute Gasteiger partial charge is 0.255 e. The van der Waals surface area contributed by atoms with Crippen molar-refractivity contribution in [1.29, 1.82) is 0 Å². The summed E-state index contributed by atoms with van der Waals surface area (Å²) in [6.07, 6.45) is 0.723. The average Bonchev–Trinajstić information content (AvgIpc) is 3.52. The predicted molar refractivity (Wildman–Crippen MR) is 171 cm³/mol. The van der Waals surface area contributed by atoms with Gasteiger partial charge in [0.15, 0.2) is 23.0 Å². The largest absolute Gasteiger partial charge is 0.493 e. The van der Waals surface area contributed by atoms with Crippen LogP contribution < -0.4 is 23.7 Å². The Balaban J connectivity index is 1.63. The summed E-state index contributed by atoms with van der Waals surface area (Å²) >= 11 is 5.04. The van der Waals surface area contributed by atoms with Crippen LogP contribution in [0.15, 0.2) is 57.9 Å². The first-order chi connectivity index (χ1) is 21.2. The lowest BCUT2D eigenvalue weighted by Crippen LogP contribution is -2.18. The monoisotopic (exact) mass is 685 g/mol. The van der Waals surface area contributed by atoms with Gasteiger partial charge in [0.05, 0.1) is 41.2 Å². The number of hydrogen-bond donors (Lipinski definition) is 1. The van der Waals surface area contributed by atoms with Crippen LogP contribution in [-0.2, 0) is 16.0 Å². The molecule has 1 fully saturated rings. The third-order valence-electron chi connectivity index (χ3n) is 7.06. The van der Waals surface area contributed by atoms with E-state index in [-0.39, 0.29) is 23.9 Å². The minimum absolute atomic E-state index is 0.0508. The van der Waals surface area contributed by atoms with Crippen LogP contribution >= 0.6 is 27.7 Å². The molecule has 1 amide bonds. The number of ether oxygens (including phenoxy) is 6. The van der Waals surface area contributed by atoms with Gasteiger partial charge in [-0.25, -0.2) is 0 Å². The van der Waals surface area contributed by atoms with Crippen molar-refractivity contribution in [3.05, 3.63) is 69.7 Å². The van der Waals surface area contributed by atoms with Gasteiger partial charge in [0.1, 0.15) is 5.44 Å². The summed E-state index contributed by atoms with van der Waals surface area (Å²) in [6.45, 7) is 3.69. The van der Waals surface area contributed by atoms with Crippen LogP contribution in [0.2, 0.25) is 0 Å². The molecule has 0 aromatic heterocycles. The van der Waals surface area contributed by atoms with Crippen LogP contribution in [0.4, 0.5) is 0 Å². The van der Waals surface area contributed by atoms with Gasteiger partial charge in [-0.1, -0.05) is 39.7 Å². The molecule has 1 saturated heterocycles. The van der Waals surface area contributed by atoms with Gasteiger partial charge in [-0.3, -0.25) is 10.0 Å². The van der Waals surface area contributed by atoms with E-state index in [1.807, 2.05) is 55.5 Å². The number of amides is 1. The molecule has 1 N–H and O–H groups in total. The highest BCUT2D eigenvalue weighted by atomic mass is 79.9. The van der Waals surface area contributed by atoms with Crippen molar-refractivity contribution in [2.24, 2.45) is 0 Å². The highest BCUT2D eigenvalue weighted by Gasteiger charge is 2.31. The Morgan fingerprint density at radius 1 is 1.00 bits per heavy atom. The van der Waals surface area contributed by atoms with Crippen LogP contribution in [0.1, 0.15) is 49.0 Å². The fraction of sp³-hybridized carbons (Fsp3) is 0.364. The molecule has 9 nitrogen and oxygen atoms in total. The van der Waals surface area contributed by atoms with Gasteiger partial charge in [-0.2, -0.15) is 0 Å². The Kier molecular flexibility index (Phi) is 11.7. The Labute approximate surface area is 270 Å². The molecule has 1 aliphatic rings. The molecule has 11 heteroatoms. The van der Waals surface area contributed by atoms with E-state index in [9.17, 15) is 10.0 Å². The van der Waals surface area contributed by atoms with Gasteiger partial charge in [0.2, 0.25) is 5.75 Å². The Hall–Kier alpha value is -3.56. The van der Waals surface area contributed by atoms with E-state index < -0.39 is 5.91 Å². The number of carbonyl (C=O) groups is 1. The van der Waals surface area contributed by atoms with Crippen molar-refractivity contribution in [2.45, 2.75) is 49.0 Å². The molecule has 3 unspecified atom stereocenters. The van der Waals surface area contributed by atoms with Crippen molar-refractivity contribution in [2.75, 3.05) is 35.0 Å². The van der Waals surface area contributed by atoms with E-state index in [0.29, 0.717) is 46.8 Å². The van der Waals surface area contributed by atoms with Crippen molar-refractivity contribution < 1.29 is 38.4 Å². The highest BCUT2D eigenvalue weighted by molar-refractivity contribution is 9.10. The maximum absolute atomic E-state index is 11.5. The van der Waals surface area contributed by atoms with E-state index in [1.165, 1.54) is 6.92 Å². The summed E-state index contributed by atoms with van der Waals surface area (Å²) in [5.41, 5.74) is 2.43. The number of benzene rings is 3. The fourth-order valence-electron chi connectivity index (χ4n) is 4.90. The molecular weight excluding hydrogens is 650 g/mol. The zero-order valence-electron chi connectivity index (χ0n) is 25.5. The van der Waals surface area contributed by atoms with Crippen molar-refractivity contribution in [3.8, 4) is 40.7 Å². The molecular formula is C33H36BrNO8S. The lowest BCUT2D eigenvalue weighted by Gasteiger charge is -2.21. The Bertz CT molecular complexity index is 1500. The first kappa shape index (κ1) is 33.3. The summed E-state index contributed by atoms with van der Waals surface area (Å²) in [7, 11) is 6.35. The van der Waals surface area contributed by atoms with E-state index in [4.69, 9.17) is 28.4 Å². The van der Waals surface area contributed by atoms with Crippen LogP contribution in [0, 0.1) is 12.0 Å². The van der Waals surface area contributed by atoms with Gasteiger partial charge in [-0.05, 0) is 66.9 Å². The summed E-state index contributed by atoms with van der Waals surface area (Å²) in [5, 5.41) is 10.2. The second-order valence-corrected chi connectivity index (χ2v) is 12.3. The zero-order chi connectivity index (χ0) is 31.8. The number of carbonyl (C=O) groups excluding carboxylic acids is 1. The maximum Gasteiger partial charge on any atom is 0.255 e. The Morgan fingerprint density at radius 2 is 1.61 bits per heavy atom. The number of thioether (sulfide) groups is 1. The molecule has 4 rings (SSSR count). The molecule has 0 radical (unpaired) electrons. The second kappa shape index (κ2) is 15.4. The fourth-order valence-corrected chi connectivity index (χ4v) is 5.98. The first-order valence-electron chi connectivity index (χ1n) is 13.9. The van der Waals surface area contributed by atoms with Crippen molar-refractivity contribution >= 4 is 33.6 Å². The number of methoxy groups -OCH3 is 4. The first-order valence-corrected chi connectivity index (χ1v) is 15.5. The predicted octanol–water partition coefficient (Wildman–Crippen LogP) is 6.99. The van der Waals surface area contributed by atoms with Crippen LogP contribution in [0.25, 0.3) is 0 Å². The van der Waals surface area contributed by atoms with Gasteiger partial charge < -0.3 is 28.4 Å². The van der Waals surface area contributed by atoms with Crippen molar-refractivity contribution in [1.82, 2.24) is 5.06 Å². The quantitative estimate of drug-likeness (QED) is 0.0572. The molecule has 234 valence electrons. The molecule has 0 aliphatic carbocycles. The lowest BCUT2D eigenvalue weighted by molar-refractivity contribution is -0.149. The van der Waals surface area contributed by atoms with E-state index in [1.54, 1.807) is 40.2 Å². The van der Waals surface area contributed by atoms with E-state index in [2.05, 4.69) is 27.9 Å². The van der Waals surface area contributed by atoms with Gasteiger partial charge in [-0.15, -0.1) is 5.06 Å². The molecule has 3 aromatic rings. The van der Waals surface area contributed by atoms with Crippen LogP contribution in [-0.4, -0.2) is 56.7 Å². The standard InChI is InChI=1S/C33H36BrNO8S/c1-20(36)35(37)13-7-8-22-14-23(15-29(38-3)32(22)43-21(2)44-27-11-9-26(34)10-12-27)25-18-28(42-19-25)24-16-30(39-4)33(41-6)31(17-24)40-5/h9-12,14-17,21,25,28,37H,8,18-19H2,1-6H3. The third kappa shape index (κ3) is 8.12. The topological polar surface area (TPSA) is 95.9 Å². The number of hydroxylamine groups is 2. The van der Waals surface area contributed by atoms with E-state index in [0.717, 1.165) is 26.1 Å².